The topological polar surface area (TPSA) is 133 Å². The Bertz CT molecular complexity index is 1760. The summed E-state index contributed by atoms with van der Waals surface area (Å²) in [7, 11) is 1.73. The molecule has 4 aromatic heterocycles. The van der Waals surface area contributed by atoms with E-state index >= 15 is 0 Å². The fraction of sp³-hybridized carbons (Fsp3) is 0.192. The van der Waals surface area contributed by atoms with Gasteiger partial charge in [-0.15, -0.1) is 0 Å². The van der Waals surface area contributed by atoms with Gasteiger partial charge in [0.1, 0.15) is 23.0 Å². The Morgan fingerprint density at radius 2 is 1.92 bits per heavy atom. The molecule has 6 rings (SSSR count). The number of halogens is 1. The molecule has 0 saturated carbocycles. The lowest BCUT2D eigenvalue weighted by Crippen LogP contribution is -2.29. The van der Waals surface area contributed by atoms with Crippen molar-refractivity contribution in [3.05, 3.63) is 77.5 Å². The van der Waals surface area contributed by atoms with Crippen molar-refractivity contribution < 1.29 is 14.0 Å². The lowest BCUT2D eigenvalue weighted by atomic mass is 9.85. The summed E-state index contributed by atoms with van der Waals surface area (Å²) in [5.41, 5.74) is 0.649. The van der Waals surface area contributed by atoms with Gasteiger partial charge in [-0.25, -0.2) is 24.0 Å². The largest absolute Gasteiger partial charge is 0.310 e. The number of aryl methyl sites for hydroxylation is 1. The highest BCUT2D eigenvalue weighted by atomic mass is 19.1. The second-order valence-electron chi connectivity index (χ2n) is 9.50. The number of hydrogen-bond acceptors (Lipinski definition) is 7. The predicted molar refractivity (Wildman–Crippen MR) is 137 cm³/mol. The third-order valence-electron chi connectivity index (χ3n) is 6.50. The molecule has 12 heteroatoms. The maximum atomic E-state index is 14.4. The number of carbonyl (C=O) groups excluding carboxylic acids is 2. The average Bonchev–Trinajstić information content (AvgIpc) is 3.54. The molecule has 0 spiro atoms. The molecular formula is C26H22FN9O2. The standard InChI is InChI=1S/C26H22FN9O2/c1-26(2)18-20(24(37)29-17-10-12-35(3)33-17)30-22(31-21(18)32-25(26)38)19-15-8-6-11-28-23(15)36(34-19)13-14-7-4-5-9-16(14)27/h4-12H,13H2,1-3H3,(H,29,33,37)(H,30,31,32,38). The molecule has 1 aromatic carbocycles. The summed E-state index contributed by atoms with van der Waals surface area (Å²) >= 11 is 0. The minimum absolute atomic E-state index is 0.0275. The van der Waals surface area contributed by atoms with Crippen molar-refractivity contribution in [2.75, 3.05) is 10.6 Å². The number of carbonyl (C=O) groups is 2. The molecule has 0 aliphatic carbocycles. The second-order valence-corrected chi connectivity index (χ2v) is 9.50. The minimum Gasteiger partial charge on any atom is -0.310 e. The highest BCUT2D eigenvalue weighted by molar-refractivity contribution is 6.12. The van der Waals surface area contributed by atoms with Gasteiger partial charge in [-0.3, -0.25) is 14.3 Å². The highest BCUT2D eigenvalue weighted by Crippen LogP contribution is 2.40. The minimum atomic E-state index is -1.04. The normalized spacial score (nSPS) is 13.9. The van der Waals surface area contributed by atoms with Crippen LogP contribution in [0.4, 0.5) is 16.0 Å². The van der Waals surface area contributed by atoms with Gasteiger partial charge >= 0.3 is 0 Å². The molecule has 5 aromatic rings. The first-order valence-corrected chi connectivity index (χ1v) is 11.8. The smallest absolute Gasteiger partial charge is 0.276 e. The molecule has 0 fully saturated rings. The van der Waals surface area contributed by atoms with Gasteiger partial charge in [-0.1, -0.05) is 18.2 Å². The van der Waals surface area contributed by atoms with Gasteiger partial charge in [-0.2, -0.15) is 10.2 Å². The summed E-state index contributed by atoms with van der Waals surface area (Å²) in [6.07, 6.45) is 3.31. The molecule has 1 aliphatic heterocycles. The van der Waals surface area contributed by atoms with Gasteiger partial charge in [-0.05, 0) is 32.0 Å². The van der Waals surface area contributed by atoms with Crippen LogP contribution in [0.25, 0.3) is 22.6 Å². The lowest BCUT2D eigenvalue weighted by Gasteiger charge is -2.17. The van der Waals surface area contributed by atoms with Crippen LogP contribution in [0.3, 0.4) is 0 Å². The summed E-state index contributed by atoms with van der Waals surface area (Å²) in [5, 5.41) is 15.0. The van der Waals surface area contributed by atoms with E-state index in [0.717, 1.165) is 0 Å². The molecule has 0 saturated heterocycles. The molecule has 38 heavy (non-hydrogen) atoms. The first kappa shape index (κ1) is 23.4. The van der Waals surface area contributed by atoms with Crippen molar-refractivity contribution in [3.8, 4) is 11.5 Å². The number of nitrogens with one attached hydrogen (secondary N) is 2. The van der Waals surface area contributed by atoms with Gasteiger partial charge in [0, 0.05) is 36.6 Å². The van der Waals surface area contributed by atoms with E-state index < -0.39 is 11.3 Å². The third-order valence-corrected chi connectivity index (χ3v) is 6.50. The van der Waals surface area contributed by atoms with Gasteiger partial charge in [0.15, 0.2) is 17.3 Å². The summed E-state index contributed by atoms with van der Waals surface area (Å²) in [4.78, 5) is 39.9. The molecule has 1 aliphatic rings. The van der Waals surface area contributed by atoms with E-state index in [1.807, 2.05) is 0 Å². The Morgan fingerprint density at radius 1 is 1.11 bits per heavy atom. The maximum absolute atomic E-state index is 14.4. The molecule has 11 nitrogen and oxygen atoms in total. The van der Waals surface area contributed by atoms with Crippen LogP contribution in [0.5, 0.6) is 0 Å². The maximum Gasteiger partial charge on any atom is 0.276 e. The molecule has 2 amide bonds. The molecule has 0 atom stereocenters. The molecule has 0 radical (unpaired) electrons. The van der Waals surface area contributed by atoms with Crippen LogP contribution in [-0.4, -0.2) is 46.3 Å². The number of nitrogens with zero attached hydrogens (tertiary/aromatic N) is 7. The number of hydrogen-bond donors (Lipinski definition) is 2. The fourth-order valence-corrected chi connectivity index (χ4v) is 4.52. The van der Waals surface area contributed by atoms with Crippen molar-refractivity contribution in [2.45, 2.75) is 25.8 Å². The first-order chi connectivity index (χ1) is 18.2. The van der Waals surface area contributed by atoms with E-state index in [1.54, 1.807) is 79.1 Å². The van der Waals surface area contributed by atoms with Crippen LogP contribution in [0.2, 0.25) is 0 Å². The van der Waals surface area contributed by atoms with Crippen molar-refractivity contribution in [1.29, 1.82) is 0 Å². The number of rotatable bonds is 5. The number of amides is 2. The summed E-state index contributed by atoms with van der Waals surface area (Å²) in [5.74, 6) is -0.509. The summed E-state index contributed by atoms with van der Waals surface area (Å²) in [6.45, 7) is 3.54. The lowest BCUT2D eigenvalue weighted by molar-refractivity contribution is -0.119. The van der Waals surface area contributed by atoms with E-state index in [4.69, 9.17) is 0 Å². The number of anilines is 2. The van der Waals surface area contributed by atoms with Crippen LogP contribution in [-0.2, 0) is 23.8 Å². The van der Waals surface area contributed by atoms with Crippen LogP contribution in [0.15, 0.2) is 54.9 Å². The fourth-order valence-electron chi connectivity index (χ4n) is 4.52. The number of aromatic nitrogens is 7. The SMILES string of the molecule is Cn1ccc(NC(=O)c2nc(-c3nn(Cc4ccccc4F)c4ncccc34)nc3c2C(C)(C)C(=O)N3)n1. The zero-order valence-corrected chi connectivity index (χ0v) is 20.7. The molecular weight excluding hydrogens is 489 g/mol. The van der Waals surface area contributed by atoms with Gasteiger partial charge in [0.05, 0.1) is 17.3 Å². The Hall–Kier alpha value is -5.00. The number of benzene rings is 1. The third kappa shape index (κ3) is 3.77. The van der Waals surface area contributed by atoms with E-state index in [-0.39, 0.29) is 35.6 Å². The first-order valence-electron chi connectivity index (χ1n) is 11.8. The van der Waals surface area contributed by atoms with E-state index in [2.05, 4.69) is 35.8 Å². The zero-order valence-electron chi connectivity index (χ0n) is 20.7. The average molecular weight is 512 g/mol. The van der Waals surface area contributed by atoms with Crippen LogP contribution >= 0.6 is 0 Å². The van der Waals surface area contributed by atoms with Gasteiger partial charge in [0.25, 0.3) is 5.91 Å². The van der Waals surface area contributed by atoms with Crippen molar-refractivity contribution >= 4 is 34.5 Å². The molecule has 5 heterocycles. The monoisotopic (exact) mass is 511 g/mol. The second kappa shape index (κ2) is 8.54. The van der Waals surface area contributed by atoms with Crippen molar-refractivity contribution in [3.63, 3.8) is 0 Å². The quantitative estimate of drug-likeness (QED) is 0.370. The Morgan fingerprint density at radius 3 is 2.68 bits per heavy atom. The molecule has 190 valence electrons. The zero-order chi connectivity index (χ0) is 26.6. The van der Waals surface area contributed by atoms with Crippen LogP contribution in [0.1, 0.15) is 35.5 Å². The summed E-state index contributed by atoms with van der Waals surface area (Å²) < 4.78 is 17.5. The van der Waals surface area contributed by atoms with E-state index in [9.17, 15) is 14.0 Å². The molecule has 0 bridgehead atoms. The van der Waals surface area contributed by atoms with Crippen LogP contribution < -0.4 is 10.6 Å². The molecule has 0 unspecified atom stereocenters. The van der Waals surface area contributed by atoms with E-state index in [1.165, 1.54) is 6.07 Å². The predicted octanol–water partition coefficient (Wildman–Crippen LogP) is 3.29. The van der Waals surface area contributed by atoms with E-state index in [0.29, 0.717) is 33.7 Å². The Balaban J connectivity index is 1.50. The van der Waals surface area contributed by atoms with Gasteiger partial charge in [0.2, 0.25) is 5.91 Å². The number of fused-ring (bicyclic) bond motifs is 2. The highest BCUT2D eigenvalue weighted by Gasteiger charge is 2.44. The van der Waals surface area contributed by atoms with Gasteiger partial charge < -0.3 is 10.6 Å². The molecule has 2 N–H and O–H groups in total. The van der Waals surface area contributed by atoms with Crippen molar-refractivity contribution in [2.24, 2.45) is 7.05 Å². The Labute approximate surface area is 215 Å². The Kier molecular flexibility index (Phi) is 5.26. The van der Waals surface area contributed by atoms with Crippen molar-refractivity contribution in [1.82, 2.24) is 34.5 Å². The summed E-state index contributed by atoms with van der Waals surface area (Å²) in [6, 6.07) is 11.6. The number of pyridine rings is 1. The van der Waals surface area contributed by atoms with Crippen LogP contribution in [0, 0.1) is 5.82 Å².